The Morgan fingerprint density at radius 1 is 1.21 bits per heavy atom. The summed E-state index contributed by atoms with van der Waals surface area (Å²) < 4.78 is 40.9. The maximum Gasteiger partial charge on any atom is 0.234 e. The molecule has 3 N–H and O–H groups in total. The summed E-state index contributed by atoms with van der Waals surface area (Å²) in [6.45, 7) is 2.22. The van der Waals surface area contributed by atoms with Gasteiger partial charge in [-0.2, -0.15) is 0 Å². The van der Waals surface area contributed by atoms with Crippen molar-refractivity contribution in [2.24, 2.45) is 10.9 Å². The molecule has 1 saturated carbocycles. The minimum absolute atomic E-state index is 0.00741. The number of phenolic OH excluding ortho intramolecular Hbond substituents is 1. The van der Waals surface area contributed by atoms with Gasteiger partial charge in [0, 0.05) is 0 Å². The largest absolute Gasteiger partial charge is 0.506 e. The second-order valence-corrected chi connectivity index (χ2v) is 11.0. The monoisotopic (exact) mass is 552 g/mol. The van der Waals surface area contributed by atoms with Crippen molar-refractivity contribution < 1.29 is 28.1 Å². The van der Waals surface area contributed by atoms with Crippen LogP contribution in [0.2, 0.25) is 0 Å². The van der Waals surface area contributed by atoms with Crippen molar-refractivity contribution in [1.29, 1.82) is 0 Å². The molecule has 1 aliphatic heterocycles. The van der Waals surface area contributed by atoms with Gasteiger partial charge in [-0.05, 0) is 56.4 Å². The number of rotatable bonds is 8. The van der Waals surface area contributed by atoms with Crippen LogP contribution < -0.4 is 9.46 Å². The molecule has 13 heteroatoms. The molecule has 0 radical (unpaired) electrons. The first-order valence-electron chi connectivity index (χ1n) is 12.5. The van der Waals surface area contributed by atoms with Crippen LogP contribution in [0.5, 0.6) is 11.5 Å². The zero-order valence-corrected chi connectivity index (χ0v) is 22.3. The highest BCUT2D eigenvalue weighted by molar-refractivity contribution is 7.92. The van der Waals surface area contributed by atoms with E-state index in [-0.39, 0.29) is 57.8 Å². The molecule has 0 unspecified atom stereocenters. The maximum absolute atomic E-state index is 13.0. The van der Waals surface area contributed by atoms with E-state index in [2.05, 4.69) is 36.1 Å². The second-order valence-electron chi connectivity index (χ2n) is 9.20. The normalized spacial score (nSPS) is 19.1. The number of aromatic hydroxyl groups is 1. The van der Waals surface area contributed by atoms with E-state index in [0.717, 1.165) is 0 Å². The summed E-state index contributed by atoms with van der Waals surface area (Å²) in [5, 5.41) is 20.6. The number of aliphatic imine (C=N–C) groups is 1. The lowest BCUT2D eigenvalue weighted by atomic mass is 9.89. The Hall–Kier alpha value is -4.15. The fraction of sp³-hybridized carbons (Fsp3) is 0.385. The van der Waals surface area contributed by atoms with Crippen LogP contribution in [-0.4, -0.2) is 69.6 Å². The van der Waals surface area contributed by atoms with Gasteiger partial charge < -0.3 is 19.7 Å². The van der Waals surface area contributed by atoms with E-state index in [0.29, 0.717) is 43.9 Å². The van der Waals surface area contributed by atoms with Crippen LogP contribution in [0.1, 0.15) is 38.4 Å². The average molecular weight is 553 g/mol. The number of hydrogen-bond donors (Lipinski definition) is 3. The van der Waals surface area contributed by atoms with Crippen LogP contribution in [0.4, 0.5) is 5.82 Å². The molecule has 1 aromatic carbocycles. The molecule has 3 heterocycles. The molecule has 0 atom stereocenters. The highest BCUT2D eigenvalue weighted by Gasteiger charge is 2.27. The van der Waals surface area contributed by atoms with Crippen LogP contribution in [0, 0.1) is 5.92 Å². The first-order valence-corrected chi connectivity index (χ1v) is 14.2. The van der Waals surface area contributed by atoms with Crippen molar-refractivity contribution >= 4 is 38.7 Å². The van der Waals surface area contributed by atoms with Gasteiger partial charge in [-0.15, -0.1) is 0 Å². The van der Waals surface area contributed by atoms with E-state index in [1.54, 1.807) is 12.1 Å². The molecule has 1 fully saturated rings. The lowest BCUT2D eigenvalue weighted by Gasteiger charge is -2.25. The predicted molar refractivity (Wildman–Crippen MR) is 144 cm³/mol. The first kappa shape index (κ1) is 26.5. The molecule has 2 aliphatic rings. The third-order valence-electron chi connectivity index (χ3n) is 6.44. The third kappa shape index (κ3) is 5.67. The van der Waals surface area contributed by atoms with Crippen LogP contribution in [0.25, 0.3) is 22.7 Å². The molecule has 3 aromatic rings. The van der Waals surface area contributed by atoms with Crippen molar-refractivity contribution in [3.8, 4) is 17.2 Å². The lowest BCUT2D eigenvalue weighted by Crippen LogP contribution is -2.27. The van der Waals surface area contributed by atoms with Gasteiger partial charge in [0.25, 0.3) is 0 Å². The smallest absolute Gasteiger partial charge is 0.234 e. The molecule has 0 spiro atoms. The Labute approximate surface area is 225 Å². The number of sulfonamides is 1. The van der Waals surface area contributed by atoms with Crippen LogP contribution >= 0.6 is 0 Å². The number of aliphatic hydroxyl groups excluding tert-OH is 1. The summed E-state index contributed by atoms with van der Waals surface area (Å²) in [6.07, 6.45) is 4.90. The number of imidazole rings is 1. The van der Waals surface area contributed by atoms with Gasteiger partial charge in [0.05, 0.1) is 37.8 Å². The lowest BCUT2D eigenvalue weighted by molar-refractivity contribution is 0.113. The standard InChI is InChI=1S/C26H28N6O6S/c1-3-38-22-9-4-6-18(28-22)25-30-24-26(32(25)23-19(34)7-5-8-20(23)37-2)29-21(14-27-24)31-39(35,36)15-16-10-12-17(33)13-11-16/h5,7-9,14,16-17,33-34H,3,10-13,15H2,1-2H3,(H,29,31)/t16-,17-. The van der Waals surface area contributed by atoms with E-state index in [4.69, 9.17) is 9.47 Å². The van der Waals surface area contributed by atoms with Crippen LogP contribution in [0.15, 0.2) is 46.9 Å². The van der Waals surface area contributed by atoms with Gasteiger partial charge in [-0.1, -0.05) is 11.8 Å². The number of hydrogen-bond acceptors (Lipinski definition) is 10. The number of phenols is 1. The fourth-order valence-electron chi connectivity index (χ4n) is 4.66. The number of aliphatic hydroxyl groups is 1. The Bertz CT molecular complexity index is 1640. The van der Waals surface area contributed by atoms with Gasteiger partial charge in [0.1, 0.15) is 17.2 Å². The number of fused-ring (bicyclic) bond motifs is 1. The molecule has 0 amide bonds. The SMILES string of the molecule is CCOC1=NC(c2nc3ncc(NS(=O)(=O)C[C@H]4CC[C@H](O)CC4)nc3n2-c2c(O)cccc2OC)=C=C=C1. The van der Waals surface area contributed by atoms with E-state index >= 15 is 0 Å². The summed E-state index contributed by atoms with van der Waals surface area (Å²) in [5.41, 5.74) is 6.55. The fourth-order valence-corrected chi connectivity index (χ4v) is 6.11. The Morgan fingerprint density at radius 2 is 2.00 bits per heavy atom. The molecule has 0 bridgehead atoms. The molecule has 1 aliphatic carbocycles. The van der Waals surface area contributed by atoms with E-state index in [1.807, 2.05) is 6.92 Å². The highest BCUT2D eigenvalue weighted by atomic mass is 32.2. The predicted octanol–water partition coefficient (Wildman–Crippen LogP) is 2.92. The Balaban J connectivity index is 1.60. The molecular formula is C26H28N6O6S. The first-order chi connectivity index (χ1) is 18.8. The third-order valence-corrected chi connectivity index (χ3v) is 7.87. The number of para-hydroxylation sites is 1. The Kier molecular flexibility index (Phi) is 7.40. The van der Waals surface area contributed by atoms with E-state index in [1.165, 1.54) is 30.0 Å². The summed E-state index contributed by atoms with van der Waals surface area (Å²) in [4.78, 5) is 17.9. The summed E-state index contributed by atoms with van der Waals surface area (Å²) in [5.74, 6) is 0.547. The van der Waals surface area contributed by atoms with Crippen LogP contribution in [0.3, 0.4) is 0 Å². The number of ether oxygens (including phenoxy) is 2. The van der Waals surface area contributed by atoms with Gasteiger partial charge in [-0.3, -0.25) is 9.29 Å². The molecule has 12 nitrogen and oxygen atoms in total. The van der Waals surface area contributed by atoms with Crippen molar-refractivity contribution in [3.05, 3.63) is 47.8 Å². The number of nitrogens with one attached hydrogen (secondary N) is 1. The van der Waals surface area contributed by atoms with Gasteiger partial charge in [-0.25, -0.2) is 28.4 Å². The van der Waals surface area contributed by atoms with Crippen molar-refractivity contribution in [1.82, 2.24) is 19.5 Å². The number of benzene rings is 1. The quantitative estimate of drug-likeness (QED) is 0.357. The molecule has 39 heavy (non-hydrogen) atoms. The summed E-state index contributed by atoms with van der Waals surface area (Å²) in [7, 11) is -2.30. The average Bonchev–Trinajstić information content (AvgIpc) is 3.28. The van der Waals surface area contributed by atoms with Crippen molar-refractivity contribution in [3.63, 3.8) is 0 Å². The maximum atomic E-state index is 13.0. The zero-order chi connectivity index (χ0) is 27.6. The zero-order valence-electron chi connectivity index (χ0n) is 21.5. The molecular weight excluding hydrogens is 524 g/mol. The number of nitrogens with zero attached hydrogens (tertiary/aromatic N) is 5. The topological polar surface area (TPSA) is 161 Å². The van der Waals surface area contributed by atoms with Gasteiger partial charge in [0.15, 0.2) is 28.6 Å². The van der Waals surface area contributed by atoms with Crippen LogP contribution in [-0.2, 0) is 14.8 Å². The molecule has 2 aromatic heterocycles. The second kappa shape index (κ2) is 10.9. The highest BCUT2D eigenvalue weighted by Crippen LogP contribution is 2.36. The Morgan fingerprint density at radius 3 is 2.74 bits per heavy atom. The van der Waals surface area contributed by atoms with Gasteiger partial charge >= 0.3 is 0 Å². The molecule has 5 rings (SSSR count). The van der Waals surface area contributed by atoms with Crippen molar-refractivity contribution in [2.75, 3.05) is 24.2 Å². The summed E-state index contributed by atoms with van der Waals surface area (Å²) >= 11 is 0. The van der Waals surface area contributed by atoms with Crippen molar-refractivity contribution in [2.45, 2.75) is 38.7 Å². The number of aromatic nitrogens is 4. The number of anilines is 1. The molecule has 0 saturated heterocycles. The number of methoxy groups -OCH3 is 1. The van der Waals surface area contributed by atoms with Gasteiger partial charge in [0.2, 0.25) is 15.9 Å². The minimum atomic E-state index is -3.75. The van der Waals surface area contributed by atoms with E-state index in [9.17, 15) is 18.6 Å². The minimum Gasteiger partial charge on any atom is -0.506 e. The van der Waals surface area contributed by atoms with E-state index < -0.39 is 10.0 Å². The molecule has 204 valence electrons. The summed E-state index contributed by atoms with van der Waals surface area (Å²) in [6, 6.07) is 4.76.